The summed E-state index contributed by atoms with van der Waals surface area (Å²) in [5.41, 5.74) is 4.70. The van der Waals surface area contributed by atoms with Crippen molar-refractivity contribution in [3.05, 3.63) is 124 Å². The van der Waals surface area contributed by atoms with E-state index < -0.39 is 11.0 Å². The van der Waals surface area contributed by atoms with E-state index in [4.69, 9.17) is 4.74 Å². The van der Waals surface area contributed by atoms with E-state index in [0.717, 1.165) is 33.7 Å². The lowest BCUT2D eigenvalue weighted by Crippen LogP contribution is -2.48. The fourth-order valence-electron chi connectivity index (χ4n) is 4.33. The first-order valence-electron chi connectivity index (χ1n) is 13.2. The van der Waals surface area contributed by atoms with Gasteiger partial charge in [-0.25, -0.2) is 0 Å². The average molecular weight is 553 g/mol. The number of hydrogen-bond donors (Lipinski definition) is 3. The van der Waals surface area contributed by atoms with Crippen LogP contribution in [0, 0.1) is 17.0 Å². The summed E-state index contributed by atoms with van der Waals surface area (Å²) >= 11 is 0. The number of rotatable bonds is 12. The molecule has 41 heavy (non-hydrogen) atoms. The average Bonchev–Trinajstić information content (AvgIpc) is 2.99. The highest BCUT2D eigenvalue weighted by Gasteiger charge is 2.22. The molecule has 0 saturated heterocycles. The van der Waals surface area contributed by atoms with Crippen molar-refractivity contribution in [2.45, 2.75) is 19.4 Å². The highest BCUT2D eigenvalue weighted by Crippen LogP contribution is 2.24. The van der Waals surface area contributed by atoms with Crippen LogP contribution in [0.3, 0.4) is 0 Å². The van der Waals surface area contributed by atoms with E-state index in [2.05, 4.69) is 16.0 Å². The molecule has 4 aromatic rings. The number of benzene rings is 4. The number of aryl methyl sites for hydroxylation is 1. The van der Waals surface area contributed by atoms with E-state index in [0.29, 0.717) is 18.7 Å². The number of amides is 2. The van der Waals surface area contributed by atoms with E-state index in [9.17, 15) is 19.7 Å². The number of methoxy groups -OCH3 is 1. The smallest absolute Gasteiger partial charge is 0.270 e. The molecule has 0 aliphatic carbocycles. The van der Waals surface area contributed by atoms with Gasteiger partial charge in [-0.15, -0.1) is 0 Å². The van der Waals surface area contributed by atoms with E-state index in [-0.39, 0.29) is 23.9 Å². The zero-order valence-electron chi connectivity index (χ0n) is 22.9. The summed E-state index contributed by atoms with van der Waals surface area (Å²) in [6.07, 6.45) is 0.268. The van der Waals surface area contributed by atoms with Crippen LogP contribution in [0.5, 0.6) is 5.75 Å². The first kappa shape index (κ1) is 28.8. The predicted molar refractivity (Wildman–Crippen MR) is 159 cm³/mol. The first-order chi connectivity index (χ1) is 19.8. The van der Waals surface area contributed by atoms with Crippen molar-refractivity contribution >= 4 is 23.2 Å². The lowest BCUT2D eigenvalue weighted by molar-refractivity contribution is -0.384. The second-order valence-electron chi connectivity index (χ2n) is 9.55. The van der Waals surface area contributed by atoms with E-state index in [1.807, 2.05) is 61.5 Å². The number of carbonyl (C=O) groups excluding carboxylic acids is 2. The summed E-state index contributed by atoms with van der Waals surface area (Å²) < 4.78 is 5.17. The molecule has 0 aliphatic heterocycles. The minimum Gasteiger partial charge on any atom is -0.497 e. The summed E-state index contributed by atoms with van der Waals surface area (Å²) in [6, 6.07) is 27.7. The molecule has 3 N–H and O–H groups in total. The van der Waals surface area contributed by atoms with Crippen LogP contribution >= 0.6 is 0 Å². The molecule has 0 spiro atoms. The Balaban J connectivity index is 1.43. The molecule has 9 heteroatoms. The minimum absolute atomic E-state index is 0.0173. The van der Waals surface area contributed by atoms with Gasteiger partial charge in [0.25, 0.3) is 11.6 Å². The Morgan fingerprint density at radius 3 is 2.29 bits per heavy atom. The highest BCUT2D eigenvalue weighted by atomic mass is 16.6. The number of anilines is 1. The van der Waals surface area contributed by atoms with Crippen LogP contribution in [0.4, 0.5) is 11.4 Å². The van der Waals surface area contributed by atoms with Gasteiger partial charge in [-0.3, -0.25) is 19.7 Å². The molecule has 0 saturated carbocycles. The number of non-ortho nitro benzene ring substituents is 1. The number of nitrogens with one attached hydrogen (secondary N) is 3. The number of hydrogen-bond acceptors (Lipinski definition) is 6. The van der Waals surface area contributed by atoms with E-state index in [1.54, 1.807) is 37.4 Å². The van der Waals surface area contributed by atoms with Gasteiger partial charge in [-0.05, 0) is 60.0 Å². The maximum absolute atomic E-state index is 13.2. The van der Waals surface area contributed by atoms with Gasteiger partial charge in [0.15, 0.2) is 0 Å². The Hall–Kier alpha value is -5.18. The van der Waals surface area contributed by atoms with Gasteiger partial charge in [-0.1, -0.05) is 54.1 Å². The van der Waals surface area contributed by atoms with Gasteiger partial charge in [0, 0.05) is 42.9 Å². The molecule has 2 amide bonds. The molecule has 0 radical (unpaired) electrons. The Morgan fingerprint density at radius 2 is 1.61 bits per heavy atom. The lowest BCUT2D eigenvalue weighted by Gasteiger charge is -2.19. The van der Waals surface area contributed by atoms with Crippen LogP contribution in [0.2, 0.25) is 0 Å². The molecular formula is C32H32N4O5. The van der Waals surface area contributed by atoms with Gasteiger partial charge in [-0.2, -0.15) is 0 Å². The standard InChI is InChI=1S/C32H32N4O5/c1-22-5-3-7-26(19-22)31(37)35-30(32(38)34-18-17-33-27-13-15-29(41-2)16-14-27)20-23-9-11-24(12-10-23)25-6-4-8-28(21-25)36(39)40/h3-16,19,21,30,33H,17-18,20H2,1-2H3,(H,34,38)(H,35,37)/t30-/m0/s1. The quantitative estimate of drug-likeness (QED) is 0.127. The third kappa shape index (κ3) is 8.15. The summed E-state index contributed by atoms with van der Waals surface area (Å²) in [7, 11) is 1.61. The molecule has 0 bridgehead atoms. The highest BCUT2D eigenvalue weighted by molar-refractivity contribution is 5.97. The van der Waals surface area contributed by atoms with Crippen LogP contribution in [-0.2, 0) is 11.2 Å². The van der Waals surface area contributed by atoms with Crippen molar-refractivity contribution in [1.29, 1.82) is 0 Å². The van der Waals surface area contributed by atoms with Gasteiger partial charge in [0.2, 0.25) is 5.91 Å². The maximum Gasteiger partial charge on any atom is 0.270 e. The molecular weight excluding hydrogens is 520 g/mol. The number of nitrogens with zero attached hydrogens (tertiary/aromatic N) is 1. The van der Waals surface area contributed by atoms with Crippen molar-refractivity contribution in [2.24, 2.45) is 0 Å². The van der Waals surface area contributed by atoms with Crippen LogP contribution in [0.15, 0.2) is 97.1 Å². The van der Waals surface area contributed by atoms with E-state index in [1.165, 1.54) is 12.1 Å². The van der Waals surface area contributed by atoms with Crippen molar-refractivity contribution in [3.8, 4) is 16.9 Å². The fourth-order valence-corrected chi connectivity index (χ4v) is 4.33. The van der Waals surface area contributed by atoms with Crippen LogP contribution in [0.1, 0.15) is 21.5 Å². The third-order valence-corrected chi connectivity index (χ3v) is 6.53. The number of carbonyl (C=O) groups is 2. The number of nitro groups is 1. The summed E-state index contributed by atoms with van der Waals surface area (Å²) in [5, 5.41) is 20.2. The van der Waals surface area contributed by atoms with Gasteiger partial charge in [0.1, 0.15) is 11.8 Å². The summed E-state index contributed by atoms with van der Waals surface area (Å²) in [6.45, 7) is 2.75. The van der Waals surface area contributed by atoms with Gasteiger partial charge in [0.05, 0.1) is 12.0 Å². The summed E-state index contributed by atoms with van der Waals surface area (Å²) in [4.78, 5) is 37.0. The fraction of sp³-hybridized carbons (Fsp3) is 0.188. The summed E-state index contributed by atoms with van der Waals surface area (Å²) in [5.74, 6) is 0.123. The molecule has 0 heterocycles. The molecule has 0 aromatic heterocycles. The van der Waals surface area contributed by atoms with Gasteiger partial charge < -0.3 is 20.7 Å². The number of ether oxygens (including phenoxy) is 1. The third-order valence-electron chi connectivity index (χ3n) is 6.53. The monoisotopic (exact) mass is 552 g/mol. The van der Waals surface area contributed by atoms with Crippen LogP contribution in [-0.4, -0.2) is 43.0 Å². The Bertz CT molecular complexity index is 1500. The van der Waals surface area contributed by atoms with Gasteiger partial charge >= 0.3 is 0 Å². The van der Waals surface area contributed by atoms with Crippen molar-refractivity contribution in [1.82, 2.24) is 10.6 Å². The second-order valence-corrected chi connectivity index (χ2v) is 9.55. The van der Waals surface area contributed by atoms with Crippen LogP contribution < -0.4 is 20.7 Å². The first-order valence-corrected chi connectivity index (χ1v) is 13.2. The normalized spacial score (nSPS) is 11.3. The molecule has 4 rings (SSSR count). The maximum atomic E-state index is 13.2. The molecule has 0 unspecified atom stereocenters. The molecule has 9 nitrogen and oxygen atoms in total. The molecule has 4 aromatic carbocycles. The zero-order valence-corrected chi connectivity index (χ0v) is 22.9. The number of nitro benzene ring substituents is 1. The SMILES string of the molecule is COc1ccc(NCCNC(=O)[C@H](Cc2ccc(-c3cccc([N+](=O)[O-])c3)cc2)NC(=O)c2cccc(C)c2)cc1. The Kier molecular flexibility index (Phi) is 9.66. The minimum atomic E-state index is -0.812. The zero-order chi connectivity index (χ0) is 29.2. The topological polar surface area (TPSA) is 123 Å². The molecule has 0 aliphatic rings. The Morgan fingerprint density at radius 1 is 0.878 bits per heavy atom. The van der Waals surface area contributed by atoms with E-state index >= 15 is 0 Å². The lowest BCUT2D eigenvalue weighted by atomic mass is 9.99. The van der Waals surface area contributed by atoms with Crippen molar-refractivity contribution < 1.29 is 19.2 Å². The van der Waals surface area contributed by atoms with Crippen molar-refractivity contribution in [2.75, 3.05) is 25.5 Å². The second kappa shape index (κ2) is 13.7. The largest absolute Gasteiger partial charge is 0.497 e. The molecule has 0 fully saturated rings. The molecule has 210 valence electrons. The predicted octanol–water partition coefficient (Wildman–Crippen LogP) is 5.15. The van der Waals surface area contributed by atoms with Crippen LogP contribution in [0.25, 0.3) is 11.1 Å². The molecule has 1 atom stereocenters. The van der Waals surface area contributed by atoms with Crippen molar-refractivity contribution in [3.63, 3.8) is 0 Å². The Labute approximate surface area is 238 Å².